The molecule has 0 saturated carbocycles. The second-order valence-electron chi connectivity index (χ2n) is 7.58. The molecule has 0 radical (unpaired) electrons. The van der Waals surface area contributed by atoms with Gasteiger partial charge in [0.15, 0.2) is 11.5 Å². The second-order valence-corrected chi connectivity index (χ2v) is 8.56. The van der Waals surface area contributed by atoms with Crippen LogP contribution >= 0.6 is 11.3 Å². The van der Waals surface area contributed by atoms with Crippen LogP contribution in [0.15, 0.2) is 54.0 Å². The van der Waals surface area contributed by atoms with Gasteiger partial charge in [0, 0.05) is 32.2 Å². The van der Waals surface area contributed by atoms with Gasteiger partial charge in [0.2, 0.25) is 5.91 Å². The normalized spacial score (nSPS) is 10.9. The van der Waals surface area contributed by atoms with Gasteiger partial charge < -0.3 is 14.4 Å². The van der Waals surface area contributed by atoms with Crippen LogP contribution in [0.1, 0.15) is 16.1 Å². The van der Waals surface area contributed by atoms with Gasteiger partial charge in [0.1, 0.15) is 17.4 Å². The Morgan fingerprint density at radius 2 is 1.97 bits per heavy atom. The highest BCUT2D eigenvalue weighted by atomic mass is 32.1. The fourth-order valence-corrected chi connectivity index (χ4v) is 3.79. The summed E-state index contributed by atoms with van der Waals surface area (Å²) in [6.45, 7) is 1.91. The Kier molecular flexibility index (Phi) is 8.58. The van der Waals surface area contributed by atoms with E-state index in [2.05, 4.69) is 9.88 Å². The molecule has 6 nitrogen and oxygen atoms in total. The van der Waals surface area contributed by atoms with Gasteiger partial charge in [-0.3, -0.25) is 9.69 Å². The number of amides is 1. The summed E-state index contributed by atoms with van der Waals surface area (Å²) in [5.74, 6) is 0.987. The largest absolute Gasteiger partial charge is 0.493 e. The van der Waals surface area contributed by atoms with Gasteiger partial charge >= 0.3 is 0 Å². The Morgan fingerprint density at radius 1 is 1.12 bits per heavy atom. The van der Waals surface area contributed by atoms with Crippen LogP contribution in [0.3, 0.4) is 0 Å². The molecule has 0 fully saturated rings. The average Bonchev–Trinajstić information content (AvgIpc) is 3.29. The number of carbonyl (C=O) groups is 1. The number of carbonyl (C=O) groups excluding carboxylic acids is 1. The number of thiazole rings is 1. The Bertz CT molecular complexity index is 1010. The highest BCUT2D eigenvalue weighted by molar-refractivity contribution is 7.09. The number of aromatic nitrogens is 1. The van der Waals surface area contributed by atoms with Crippen molar-refractivity contribution >= 4 is 17.2 Å². The van der Waals surface area contributed by atoms with Crippen LogP contribution in [0.2, 0.25) is 0 Å². The molecule has 0 bridgehead atoms. The predicted octanol–water partition coefficient (Wildman–Crippen LogP) is 4.00. The van der Waals surface area contributed by atoms with E-state index in [1.807, 2.05) is 29.6 Å². The highest BCUT2D eigenvalue weighted by Gasteiger charge is 2.15. The van der Waals surface area contributed by atoms with Crippen molar-refractivity contribution in [2.24, 2.45) is 0 Å². The van der Waals surface area contributed by atoms with E-state index in [0.29, 0.717) is 31.1 Å². The van der Waals surface area contributed by atoms with Gasteiger partial charge in [0.25, 0.3) is 0 Å². The van der Waals surface area contributed by atoms with E-state index in [1.54, 1.807) is 49.7 Å². The average molecular weight is 458 g/mol. The summed E-state index contributed by atoms with van der Waals surface area (Å²) < 4.78 is 24.7. The van der Waals surface area contributed by atoms with Crippen molar-refractivity contribution in [2.45, 2.75) is 19.6 Å². The molecule has 2 aromatic carbocycles. The van der Waals surface area contributed by atoms with E-state index in [4.69, 9.17) is 9.47 Å². The van der Waals surface area contributed by atoms with Crippen LogP contribution in [0.5, 0.6) is 11.5 Å². The van der Waals surface area contributed by atoms with Gasteiger partial charge in [-0.1, -0.05) is 18.2 Å². The van der Waals surface area contributed by atoms with Crippen LogP contribution < -0.4 is 9.47 Å². The Morgan fingerprint density at radius 3 is 2.66 bits per heavy atom. The lowest BCUT2D eigenvalue weighted by Crippen LogP contribution is -2.37. The summed E-state index contributed by atoms with van der Waals surface area (Å²) in [4.78, 5) is 20.3. The lowest BCUT2D eigenvalue weighted by molar-refractivity contribution is -0.130. The summed E-state index contributed by atoms with van der Waals surface area (Å²) in [6.07, 6.45) is 2.52. The van der Waals surface area contributed by atoms with Crippen LogP contribution in [0.4, 0.5) is 4.39 Å². The van der Waals surface area contributed by atoms with E-state index < -0.39 is 0 Å². The summed E-state index contributed by atoms with van der Waals surface area (Å²) in [5, 5.41) is 2.92. The zero-order valence-corrected chi connectivity index (χ0v) is 19.4. The Hall–Kier alpha value is -2.97. The molecule has 0 aliphatic carbocycles. The molecule has 1 aromatic heterocycles. The number of hydrogen-bond acceptors (Lipinski definition) is 6. The quantitative estimate of drug-likeness (QED) is 0.436. The third-order valence-corrected chi connectivity index (χ3v) is 5.69. The third-order valence-electron chi connectivity index (χ3n) is 4.93. The number of methoxy groups -OCH3 is 1. The molecule has 32 heavy (non-hydrogen) atoms. The van der Waals surface area contributed by atoms with E-state index in [-0.39, 0.29) is 18.3 Å². The maximum atomic E-state index is 13.4. The minimum absolute atomic E-state index is 0.0558. The molecule has 170 valence electrons. The molecule has 8 heteroatoms. The molecule has 0 aliphatic rings. The summed E-state index contributed by atoms with van der Waals surface area (Å²) >= 11 is 1.58. The number of likely N-dealkylation sites (N-methyl/N-ethyl adjacent to an activating group) is 1. The van der Waals surface area contributed by atoms with Gasteiger partial charge in [0.05, 0.1) is 20.2 Å². The highest BCUT2D eigenvalue weighted by Crippen LogP contribution is 2.29. The molecule has 3 rings (SSSR count). The molecular formula is C24H28FN3O3S. The number of hydrogen-bond donors (Lipinski definition) is 0. The summed E-state index contributed by atoms with van der Waals surface area (Å²) in [6, 6.07) is 12.1. The zero-order valence-electron chi connectivity index (χ0n) is 18.6. The van der Waals surface area contributed by atoms with Crippen molar-refractivity contribution in [3.63, 3.8) is 0 Å². The molecule has 1 heterocycles. The lowest BCUT2D eigenvalue weighted by Gasteiger charge is -2.23. The first-order chi connectivity index (χ1) is 15.4. The molecule has 0 aliphatic heterocycles. The van der Waals surface area contributed by atoms with Crippen molar-refractivity contribution in [3.8, 4) is 11.5 Å². The van der Waals surface area contributed by atoms with Crippen molar-refractivity contribution in [2.75, 3.05) is 34.3 Å². The maximum Gasteiger partial charge on any atom is 0.236 e. The molecule has 0 saturated heterocycles. The van der Waals surface area contributed by atoms with E-state index in [0.717, 1.165) is 22.6 Å². The molecular weight excluding hydrogens is 429 g/mol. The smallest absolute Gasteiger partial charge is 0.236 e. The van der Waals surface area contributed by atoms with Crippen molar-refractivity contribution in [3.05, 3.63) is 76.0 Å². The van der Waals surface area contributed by atoms with Crippen LogP contribution in [0.25, 0.3) is 0 Å². The molecule has 1 amide bonds. The zero-order chi connectivity index (χ0) is 22.9. The Balaban J connectivity index is 1.63. The number of rotatable bonds is 11. The second kappa shape index (κ2) is 11.6. The van der Waals surface area contributed by atoms with Gasteiger partial charge in [-0.25, -0.2) is 9.37 Å². The molecule has 0 atom stereocenters. The van der Waals surface area contributed by atoms with Crippen LogP contribution in [-0.2, 0) is 24.4 Å². The summed E-state index contributed by atoms with van der Waals surface area (Å²) in [7, 11) is 5.12. The molecule has 0 unspecified atom stereocenters. The SMILES string of the molecule is COc1cc(CCN(CC(=O)N(C)C)Cc2nccs2)ccc1OCc1cccc(F)c1. The van der Waals surface area contributed by atoms with Gasteiger partial charge in [-0.2, -0.15) is 0 Å². The molecule has 3 aromatic rings. The number of halogens is 1. The monoisotopic (exact) mass is 457 g/mol. The molecule has 0 spiro atoms. The number of benzene rings is 2. The Labute approximate surface area is 192 Å². The van der Waals surface area contributed by atoms with Crippen molar-refractivity contribution in [1.29, 1.82) is 0 Å². The van der Waals surface area contributed by atoms with Crippen molar-refractivity contribution < 1.29 is 18.7 Å². The van der Waals surface area contributed by atoms with E-state index in [1.165, 1.54) is 12.1 Å². The third kappa shape index (κ3) is 7.03. The number of nitrogens with zero attached hydrogens (tertiary/aromatic N) is 3. The van der Waals surface area contributed by atoms with Gasteiger partial charge in [-0.15, -0.1) is 11.3 Å². The minimum Gasteiger partial charge on any atom is -0.493 e. The first-order valence-electron chi connectivity index (χ1n) is 10.3. The topological polar surface area (TPSA) is 54.9 Å². The van der Waals surface area contributed by atoms with E-state index in [9.17, 15) is 9.18 Å². The minimum atomic E-state index is -0.288. The predicted molar refractivity (Wildman–Crippen MR) is 124 cm³/mol. The number of ether oxygens (including phenoxy) is 2. The van der Waals surface area contributed by atoms with E-state index >= 15 is 0 Å². The molecule has 0 N–H and O–H groups in total. The fraction of sp³-hybridized carbons (Fsp3) is 0.333. The van der Waals surface area contributed by atoms with Crippen molar-refractivity contribution in [1.82, 2.24) is 14.8 Å². The first-order valence-corrected chi connectivity index (χ1v) is 11.2. The van der Waals surface area contributed by atoms with Gasteiger partial charge in [-0.05, 0) is 41.8 Å². The first kappa shape index (κ1) is 23.7. The lowest BCUT2D eigenvalue weighted by atomic mass is 10.1. The van der Waals surface area contributed by atoms with Crippen LogP contribution in [-0.4, -0.2) is 55.0 Å². The standard InChI is InChI=1S/C24H28FN3O3S/c1-27(2)24(29)16-28(15-23-26-10-12-32-23)11-9-18-7-8-21(22(14-18)30-3)31-17-19-5-4-6-20(25)13-19/h4-8,10,12-14H,9,11,15-17H2,1-3H3. The van der Waals surface area contributed by atoms with Crippen LogP contribution in [0, 0.1) is 5.82 Å². The maximum absolute atomic E-state index is 13.4. The fourth-order valence-electron chi connectivity index (χ4n) is 3.13. The summed E-state index contributed by atoms with van der Waals surface area (Å²) in [5.41, 5.74) is 1.82.